The van der Waals surface area contributed by atoms with Crippen LogP contribution in [0.25, 0.3) is 0 Å². The van der Waals surface area contributed by atoms with Crippen LogP contribution < -0.4 is 5.32 Å². The lowest BCUT2D eigenvalue weighted by atomic mass is 9.98. The van der Waals surface area contributed by atoms with Gasteiger partial charge in [0.25, 0.3) is 0 Å². The molecule has 1 aliphatic rings. The van der Waals surface area contributed by atoms with E-state index >= 15 is 0 Å². The van der Waals surface area contributed by atoms with Crippen molar-refractivity contribution in [1.29, 1.82) is 0 Å². The molecule has 0 aliphatic carbocycles. The molecule has 1 atom stereocenters. The monoisotopic (exact) mass is 474 g/mol. The number of halogens is 4. The van der Waals surface area contributed by atoms with Crippen molar-refractivity contribution in [2.75, 3.05) is 26.2 Å². The highest BCUT2D eigenvalue weighted by Crippen LogP contribution is 2.34. The molecule has 0 radical (unpaired) electrons. The summed E-state index contributed by atoms with van der Waals surface area (Å²) in [6, 6.07) is 7.08. The molecule has 0 aromatic heterocycles. The van der Waals surface area contributed by atoms with Crippen LogP contribution in [0, 0.1) is 0 Å². The minimum atomic E-state index is 0. The van der Waals surface area contributed by atoms with Gasteiger partial charge < -0.3 is 5.32 Å². The summed E-state index contributed by atoms with van der Waals surface area (Å²) in [7, 11) is 0. The molecular formula is C16H26Br2Cl2N2. The molecule has 1 saturated heterocycles. The van der Waals surface area contributed by atoms with Crippen molar-refractivity contribution >= 4 is 56.7 Å². The van der Waals surface area contributed by atoms with Gasteiger partial charge in [0.1, 0.15) is 0 Å². The summed E-state index contributed by atoms with van der Waals surface area (Å²) >= 11 is 7.36. The molecule has 6 heteroatoms. The molecule has 1 aliphatic heterocycles. The molecule has 0 spiro atoms. The Balaban J connectivity index is 0.00000220. The van der Waals surface area contributed by atoms with Gasteiger partial charge in [-0.15, -0.1) is 24.8 Å². The first-order valence-corrected chi connectivity index (χ1v) is 9.20. The van der Waals surface area contributed by atoms with Gasteiger partial charge in [-0.05, 0) is 30.2 Å². The molecule has 1 heterocycles. The zero-order chi connectivity index (χ0) is 14.4. The Morgan fingerprint density at radius 3 is 2.45 bits per heavy atom. The minimum Gasteiger partial charge on any atom is -0.314 e. The van der Waals surface area contributed by atoms with E-state index in [0.29, 0.717) is 6.04 Å². The molecule has 2 rings (SSSR count). The first-order valence-electron chi connectivity index (χ1n) is 7.62. The third-order valence-electron chi connectivity index (χ3n) is 3.99. The predicted molar refractivity (Wildman–Crippen MR) is 108 cm³/mol. The molecule has 2 nitrogen and oxygen atoms in total. The molecule has 1 aromatic carbocycles. The molecule has 1 fully saturated rings. The second-order valence-corrected chi connectivity index (χ2v) is 7.23. The lowest BCUT2D eigenvalue weighted by molar-refractivity contribution is 0.162. The molecule has 22 heavy (non-hydrogen) atoms. The Bertz CT molecular complexity index is 427. The lowest BCUT2D eigenvalue weighted by Crippen LogP contribution is -2.45. The van der Waals surface area contributed by atoms with E-state index in [1.807, 2.05) is 0 Å². The largest absolute Gasteiger partial charge is 0.314 e. The van der Waals surface area contributed by atoms with Gasteiger partial charge in [-0.3, -0.25) is 4.90 Å². The second kappa shape index (κ2) is 12.1. The number of benzene rings is 1. The predicted octanol–water partition coefficient (Wildman–Crippen LogP) is 5.58. The van der Waals surface area contributed by atoms with Crippen molar-refractivity contribution < 1.29 is 0 Å². The van der Waals surface area contributed by atoms with Crippen LogP contribution in [0.15, 0.2) is 27.1 Å². The van der Waals surface area contributed by atoms with E-state index in [0.717, 1.165) is 26.2 Å². The third-order valence-corrected chi connectivity index (χ3v) is 5.21. The van der Waals surface area contributed by atoms with Crippen LogP contribution in [-0.2, 0) is 0 Å². The maximum Gasteiger partial charge on any atom is 0.0360 e. The van der Waals surface area contributed by atoms with E-state index in [4.69, 9.17) is 0 Å². The Morgan fingerprint density at radius 1 is 1.14 bits per heavy atom. The minimum absolute atomic E-state index is 0. The van der Waals surface area contributed by atoms with Crippen molar-refractivity contribution in [2.24, 2.45) is 0 Å². The number of nitrogens with zero attached hydrogens (tertiary/aromatic N) is 1. The number of unbranched alkanes of at least 4 members (excludes halogenated alkanes) is 2. The number of hydrogen-bond donors (Lipinski definition) is 1. The summed E-state index contributed by atoms with van der Waals surface area (Å²) < 4.78 is 2.41. The average Bonchev–Trinajstić information content (AvgIpc) is 2.48. The van der Waals surface area contributed by atoms with Crippen molar-refractivity contribution in [3.63, 3.8) is 0 Å². The smallest absolute Gasteiger partial charge is 0.0360 e. The molecule has 1 aromatic rings. The van der Waals surface area contributed by atoms with E-state index in [9.17, 15) is 0 Å². The number of rotatable bonds is 6. The Kier molecular flexibility index (Phi) is 12.5. The molecule has 1 N–H and O–H groups in total. The highest BCUT2D eigenvalue weighted by molar-refractivity contribution is 9.11. The van der Waals surface area contributed by atoms with Gasteiger partial charge >= 0.3 is 0 Å². The number of piperazine rings is 1. The van der Waals surface area contributed by atoms with E-state index in [2.05, 4.69) is 67.2 Å². The quantitative estimate of drug-likeness (QED) is 0.539. The zero-order valence-electron chi connectivity index (χ0n) is 13.0. The van der Waals surface area contributed by atoms with Crippen molar-refractivity contribution in [2.45, 2.75) is 38.6 Å². The van der Waals surface area contributed by atoms with E-state index in [1.54, 1.807) is 0 Å². The third kappa shape index (κ3) is 6.66. The molecule has 0 saturated carbocycles. The van der Waals surface area contributed by atoms with Crippen LogP contribution >= 0.6 is 56.7 Å². The summed E-state index contributed by atoms with van der Waals surface area (Å²) in [6.45, 7) is 6.78. The van der Waals surface area contributed by atoms with Crippen molar-refractivity contribution in [3.8, 4) is 0 Å². The van der Waals surface area contributed by atoms with Crippen LogP contribution in [0.1, 0.15) is 44.2 Å². The van der Waals surface area contributed by atoms with E-state index < -0.39 is 0 Å². The van der Waals surface area contributed by atoms with Gasteiger partial charge in [0.15, 0.2) is 0 Å². The molecular weight excluding hydrogens is 451 g/mol. The molecule has 128 valence electrons. The fourth-order valence-corrected chi connectivity index (χ4v) is 3.78. The highest BCUT2D eigenvalue weighted by atomic mass is 79.9. The van der Waals surface area contributed by atoms with Gasteiger partial charge in [0.2, 0.25) is 0 Å². The van der Waals surface area contributed by atoms with Crippen molar-refractivity contribution in [1.82, 2.24) is 10.2 Å². The standard InChI is InChI=1S/C16H24Br2N2.2ClH/c1-2-3-4-5-16(20-10-8-19-9-11-20)14-12-13(17)6-7-15(14)18;;/h6-7,12,16,19H,2-5,8-11H2,1H3;2*1H/t16-;;/m1../s1. The topological polar surface area (TPSA) is 15.3 Å². The number of nitrogens with one attached hydrogen (secondary N) is 1. The van der Waals surface area contributed by atoms with Crippen LogP contribution in [-0.4, -0.2) is 31.1 Å². The van der Waals surface area contributed by atoms with Crippen LogP contribution in [0.2, 0.25) is 0 Å². The fourth-order valence-electron chi connectivity index (χ4n) is 2.89. The maximum atomic E-state index is 3.74. The summed E-state index contributed by atoms with van der Waals surface area (Å²) in [5.74, 6) is 0. The maximum absolute atomic E-state index is 3.74. The van der Waals surface area contributed by atoms with Gasteiger partial charge in [-0.2, -0.15) is 0 Å². The van der Waals surface area contributed by atoms with Crippen LogP contribution in [0.3, 0.4) is 0 Å². The Hall–Kier alpha value is 0.680. The lowest BCUT2D eigenvalue weighted by Gasteiger charge is -2.36. The zero-order valence-corrected chi connectivity index (χ0v) is 17.8. The first kappa shape index (κ1) is 22.7. The second-order valence-electron chi connectivity index (χ2n) is 5.46. The van der Waals surface area contributed by atoms with E-state index in [-0.39, 0.29) is 24.8 Å². The van der Waals surface area contributed by atoms with E-state index in [1.165, 1.54) is 40.2 Å². The van der Waals surface area contributed by atoms with Crippen LogP contribution in [0.4, 0.5) is 0 Å². The number of hydrogen-bond acceptors (Lipinski definition) is 2. The van der Waals surface area contributed by atoms with Crippen LogP contribution in [0.5, 0.6) is 0 Å². The van der Waals surface area contributed by atoms with Gasteiger partial charge in [0, 0.05) is 41.2 Å². The summed E-state index contributed by atoms with van der Waals surface area (Å²) in [5.41, 5.74) is 1.43. The molecule has 0 amide bonds. The summed E-state index contributed by atoms with van der Waals surface area (Å²) in [4.78, 5) is 2.64. The average molecular weight is 477 g/mol. The molecule has 0 unspecified atom stereocenters. The summed E-state index contributed by atoms with van der Waals surface area (Å²) in [5, 5.41) is 3.45. The Morgan fingerprint density at radius 2 is 1.82 bits per heavy atom. The van der Waals surface area contributed by atoms with Gasteiger partial charge in [-0.25, -0.2) is 0 Å². The van der Waals surface area contributed by atoms with Gasteiger partial charge in [0.05, 0.1) is 0 Å². The highest BCUT2D eigenvalue weighted by Gasteiger charge is 2.23. The normalized spacial score (nSPS) is 16.5. The fraction of sp³-hybridized carbons (Fsp3) is 0.625. The SMILES string of the molecule is CCCCC[C@H](c1cc(Br)ccc1Br)N1CCNCC1.Cl.Cl. The van der Waals surface area contributed by atoms with Gasteiger partial charge in [-0.1, -0.05) is 58.0 Å². The van der Waals surface area contributed by atoms with Crippen molar-refractivity contribution in [3.05, 3.63) is 32.7 Å². The Labute approximate surface area is 163 Å². The molecule has 0 bridgehead atoms. The first-order chi connectivity index (χ1) is 9.72. The summed E-state index contributed by atoms with van der Waals surface area (Å²) in [6.07, 6.45) is 5.18.